The summed E-state index contributed by atoms with van der Waals surface area (Å²) in [5.74, 6) is 0.491. The van der Waals surface area contributed by atoms with Gasteiger partial charge in [0.25, 0.3) is 0 Å². The predicted molar refractivity (Wildman–Crippen MR) is 172 cm³/mol. The van der Waals surface area contributed by atoms with E-state index in [-0.39, 0.29) is 50.7 Å². The van der Waals surface area contributed by atoms with Gasteiger partial charge in [0.15, 0.2) is 0 Å². The molecule has 12 atom stereocenters. The number of hydrogen-bond donors (Lipinski definition) is 2. The van der Waals surface area contributed by atoms with E-state index in [9.17, 15) is 9.90 Å². The zero-order valence-corrected chi connectivity index (χ0v) is 29.2. The molecule has 2 bridgehead atoms. The normalized spacial score (nSPS) is 47.6. The summed E-state index contributed by atoms with van der Waals surface area (Å²) < 4.78 is 19.9. The third-order valence-electron chi connectivity index (χ3n) is 14.9. The highest BCUT2D eigenvalue weighted by Gasteiger charge is 2.72. The Morgan fingerprint density at radius 1 is 1.09 bits per heavy atom. The van der Waals surface area contributed by atoms with Crippen LogP contribution in [0.5, 0.6) is 0 Å². The van der Waals surface area contributed by atoms with E-state index in [0.717, 1.165) is 45.1 Å². The Labute approximate surface area is 262 Å². The molecular weight excluding hydrogens is 538 g/mol. The van der Waals surface area contributed by atoms with Gasteiger partial charge in [-0.25, -0.2) is 0 Å². The first kappa shape index (κ1) is 33.4. The van der Waals surface area contributed by atoms with E-state index in [2.05, 4.69) is 75.3 Å². The second-order valence-corrected chi connectivity index (χ2v) is 18.1. The van der Waals surface area contributed by atoms with Gasteiger partial charge >= 0.3 is 5.97 Å². The molecule has 0 unspecified atom stereocenters. The predicted octanol–water partition coefficient (Wildman–Crippen LogP) is 7.35. The first-order chi connectivity index (χ1) is 19.8. The van der Waals surface area contributed by atoms with Crippen molar-refractivity contribution in [3.8, 4) is 0 Å². The molecule has 1 saturated heterocycles. The Morgan fingerprint density at radius 3 is 2.35 bits per heavy atom. The molecule has 0 aromatic rings. The number of carboxylic acid groups (broad SMARTS) is 1. The van der Waals surface area contributed by atoms with Gasteiger partial charge in [0, 0.05) is 18.6 Å². The molecule has 3 N–H and O–H groups in total. The molecule has 246 valence electrons. The van der Waals surface area contributed by atoms with Crippen LogP contribution in [0.15, 0.2) is 11.6 Å². The molecule has 5 rings (SSSR count). The third kappa shape index (κ3) is 4.65. The summed E-state index contributed by atoms with van der Waals surface area (Å²) in [6.07, 6.45) is 8.24. The number of carbonyl (C=O) groups is 1. The smallest absolute Gasteiger partial charge is 0.307 e. The molecule has 0 spiro atoms. The SMILES string of the molecule is CO[C@@H]1C[C@]2(C)COC[C@@]3(C4=CC[C@@]5(C)[C@H](C(=O)O)[C@@](C)([C@H](C)C(C)C)CC[C@]5(C)[C@H]4CC[C@H]23)[C@H]1OC[C@H](N)C(C)(C)C. The fourth-order valence-electron chi connectivity index (χ4n) is 11.5. The zero-order valence-electron chi connectivity index (χ0n) is 29.2. The average Bonchev–Trinajstić information content (AvgIpc) is 2.91. The minimum Gasteiger partial charge on any atom is -0.481 e. The summed E-state index contributed by atoms with van der Waals surface area (Å²) in [4.78, 5) is 13.4. The first-order valence-electron chi connectivity index (χ1n) is 17.2. The van der Waals surface area contributed by atoms with E-state index < -0.39 is 11.9 Å². The molecule has 5 aliphatic rings. The molecule has 1 heterocycles. The van der Waals surface area contributed by atoms with E-state index in [1.54, 1.807) is 0 Å². The Morgan fingerprint density at radius 2 is 1.77 bits per heavy atom. The number of carboxylic acids is 1. The van der Waals surface area contributed by atoms with Gasteiger partial charge in [0.2, 0.25) is 0 Å². The molecule has 4 fully saturated rings. The van der Waals surface area contributed by atoms with Crippen molar-refractivity contribution in [1.29, 1.82) is 0 Å². The Hall–Kier alpha value is -0.950. The lowest BCUT2D eigenvalue weighted by Crippen LogP contribution is -2.71. The molecule has 6 heteroatoms. The molecule has 1 aliphatic heterocycles. The maximum atomic E-state index is 13.4. The number of ether oxygens (including phenoxy) is 3. The molecule has 0 radical (unpaired) electrons. The largest absolute Gasteiger partial charge is 0.481 e. The van der Waals surface area contributed by atoms with Crippen LogP contribution in [-0.2, 0) is 19.0 Å². The number of fused-ring (bicyclic) bond motifs is 3. The highest BCUT2D eigenvalue weighted by Crippen LogP contribution is 2.75. The lowest BCUT2D eigenvalue weighted by Gasteiger charge is -2.71. The van der Waals surface area contributed by atoms with Crippen LogP contribution in [0.4, 0.5) is 0 Å². The minimum atomic E-state index is -0.616. The van der Waals surface area contributed by atoms with Gasteiger partial charge < -0.3 is 25.1 Å². The second kappa shape index (κ2) is 10.8. The van der Waals surface area contributed by atoms with E-state index in [4.69, 9.17) is 19.9 Å². The van der Waals surface area contributed by atoms with Gasteiger partial charge in [0.05, 0.1) is 37.9 Å². The highest BCUT2D eigenvalue weighted by molar-refractivity contribution is 5.73. The van der Waals surface area contributed by atoms with Gasteiger partial charge in [-0.2, -0.15) is 0 Å². The number of nitrogens with two attached hydrogens (primary N) is 1. The standard InChI is InChI=1S/C37H63NO5/c1-22(2)23(3)34(8)16-17-35(9)24-12-13-27-33(7)18-26(41-11)30(43-19-28(38)32(4,5)6)37(27,21-42-20-33)25(24)14-15-36(35,10)29(34)31(39)40/h14,22-24,26-30H,12-13,15-21,38H2,1-11H3,(H,39,40)/t23-,24+,26-,27-,28+,29-,30+,33-,34-,35-,36+,37+/m1/s1. The second-order valence-electron chi connectivity index (χ2n) is 18.1. The van der Waals surface area contributed by atoms with Gasteiger partial charge in [-0.1, -0.05) is 80.9 Å². The van der Waals surface area contributed by atoms with Crippen LogP contribution in [0.1, 0.15) is 108 Å². The van der Waals surface area contributed by atoms with Crippen molar-refractivity contribution in [2.45, 2.75) is 126 Å². The maximum absolute atomic E-state index is 13.4. The number of aliphatic carboxylic acids is 1. The van der Waals surface area contributed by atoms with E-state index >= 15 is 0 Å². The lowest BCUT2D eigenvalue weighted by molar-refractivity contribution is -0.269. The van der Waals surface area contributed by atoms with Crippen LogP contribution in [0, 0.1) is 62.1 Å². The van der Waals surface area contributed by atoms with E-state index in [1.807, 2.05) is 7.11 Å². The number of rotatable bonds is 7. The van der Waals surface area contributed by atoms with Crippen molar-refractivity contribution in [1.82, 2.24) is 0 Å². The van der Waals surface area contributed by atoms with Crippen molar-refractivity contribution < 1.29 is 24.1 Å². The fourth-order valence-corrected chi connectivity index (χ4v) is 11.5. The Balaban J connectivity index is 1.63. The van der Waals surface area contributed by atoms with Crippen LogP contribution < -0.4 is 5.73 Å². The molecule has 6 nitrogen and oxygen atoms in total. The van der Waals surface area contributed by atoms with Crippen LogP contribution >= 0.6 is 0 Å². The number of hydrogen-bond acceptors (Lipinski definition) is 5. The van der Waals surface area contributed by atoms with Crippen molar-refractivity contribution in [2.75, 3.05) is 26.9 Å². The van der Waals surface area contributed by atoms with Crippen molar-refractivity contribution in [3.63, 3.8) is 0 Å². The average molecular weight is 602 g/mol. The molecule has 43 heavy (non-hydrogen) atoms. The maximum Gasteiger partial charge on any atom is 0.307 e. The third-order valence-corrected chi connectivity index (χ3v) is 14.9. The van der Waals surface area contributed by atoms with Crippen LogP contribution in [0.25, 0.3) is 0 Å². The molecule has 0 amide bonds. The van der Waals surface area contributed by atoms with E-state index in [0.29, 0.717) is 36.9 Å². The summed E-state index contributed by atoms with van der Waals surface area (Å²) in [6, 6.07) is -0.0894. The number of allylic oxidation sites excluding steroid dienone is 1. The lowest BCUT2D eigenvalue weighted by atomic mass is 9.34. The van der Waals surface area contributed by atoms with Gasteiger partial charge in [-0.05, 0) is 89.3 Å². The molecule has 3 saturated carbocycles. The van der Waals surface area contributed by atoms with Gasteiger partial charge in [0.1, 0.15) is 0 Å². The summed E-state index contributed by atoms with van der Waals surface area (Å²) in [7, 11) is 1.84. The molecule has 0 aromatic heterocycles. The topological polar surface area (TPSA) is 91.0 Å². The first-order valence-corrected chi connectivity index (χ1v) is 17.2. The minimum absolute atomic E-state index is 0.0137. The highest BCUT2D eigenvalue weighted by atomic mass is 16.5. The molecular formula is C37H63NO5. The quantitative estimate of drug-likeness (QED) is 0.297. The van der Waals surface area contributed by atoms with Gasteiger partial charge in [-0.3, -0.25) is 4.79 Å². The number of methoxy groups -OCH3 is 1. The van der Waals surface area contributed by atoms with Gasteiger partial charge in [-0.15, -0.1) is 0 Å². The molecule has 0 aromatic carbocycles. The van der Waals surface area contributed by atoms with E-state index in [1.165, 1.54) is 5.57 Å². The summed E-state index contributed by atoms with van der Waals surface area (Å²) in [5.41, 5.74) is 7.11. The summed E-state index contributed by atoms with van der Waals surface area (Å²) >= 11 is 0. The molecule has 4 aliphatic carbocycles. The Bertz CT molecular complexity index is 1110. The Kier molecular flexibility index (Phi) is 8.40. The van der Waals surface area contributed by atoms with Crippen LogP contribution in [0.3, 0.4) is 0 Å². The van der Waals surface area contributed by atoms with Crippen molar-refractivity contribution >= 4 is 5.97 Å². The monoisotopic (exact) mass is 601 g/mol. The van der Waals surface area contributed by atoms with Crippen LogP contribution in [0.2, 0.25) is 0 Å². The van der Waals surface area contributed by atoms with Crippen molar-refractivity contribution in [2.24, 2.45) is 67.8 Å². The zero-order chi connectivity index (χ0) is 32.0. The summed E-state index contributed by atoms with van der Waals surface area (Å²) in [5, 5.41) is 11.0. The fraction of sp³-hybridized carbons (Fsp3) is 0.919. The summed E-state index contributed by atoms with van der Waals surface area (Å²) in [6.45, 7) is 24.7. The van der Waals surface area contributed by atoms with Crippen LogP contribution in [-0.4, -0.2) is 56.3 Å². The van der Waals surface area contributed by atoms with Crippen molar-refractivity contribution in [3.05, 3.63) is 11.6 Å².